The second kappa shape index (κ2) is 6.78. The van der Waals surface area contributed by atoms with Crippen molar-refractivity contribution in [2.24, 2.45) is 5.73 Å². The number of nitrogens with one attached hydrogen (secondary N) is 1. The quantitative estimate of drug-likeness (QED) is 0.501. The van der Waals surface area contributed by atoms with Gasteiger partial charge in [0.15, 0.2) is 0 Å². The Kier molecular flexibility index (Phi) is 5.33. The van der Waals surface area contributed by atoms with Crippen molar-refractivity contribution in [2.75, 3.05) is 17.6 Å². The Bertz CT molecular complexity index is 377. The highest BCUT2D eigenvalue weighted by molar-refractivity contribution is 5.98. The van der Waals surface area contributed by atoms with Crippen LogP contribution in [0, 0.1) is 0 Å². The van der Waals surface area contributed by atoms with Crippen LogP contribution in [-0.4, -0.2) is 12.5 Å². The van der Waals surface area contributed by atoms with Gasteiger partial charge in [0.2, 0.25) is 0 Å². The number of nitrogen functional groups attached to an aromatic ring is 1. The van der Waals surface area contributed by atoms with Gasteiger partial charge in [0, 0.05) is 17.9 Å². The van der Waals surface area contributed by atoms with E-state index in [9.17, 15) is 4.79 Å². The fourth-order valence-corrected chi connectivity index (χ4v) is 1.66. The second-order valence-electron chi connectivity index (χ2n) is 4.15. The Balaban J connectivity index is 2.49. The molecule has 94 valence electrons. The fraction of sp³-hybridized carbons (Fsp3) is 0.462. The summed E-state index contributed by atoms with van der Waals surface area (Å²) >= 11 is 0. The molecule has 0 radical (unpaired) electrons. The molecule has 5 N–H and O–H groups in total. The SMILES string of the molecule is CCCCCCNc1ccc(N)c(C(N)=O)c1. The summed E-state index contributed by atoms with van der Waals surface area (Å²) in [6, 6.07) is 5.27. The summed E-state index contributed by atoms with van der Waals surface area (Å²) in [7, 11) is 0. The normalized spacial score (nSPS) is 10.2. The first-order valence-electron chi connectivity index (χ1n) is 6.08. The number of rotatable bonds is 7. The number of nitrogens with two attached hydrogens (primary N) is 2. The molecule has 0 aliphatic rings. The van der Waals surface area contributed by atoms with Gasteiger partial charge in [-0.3, -0.25) is 4.79 Å². The predicted octanol–water partition coefficient (Wildman–Crippen LogP) is 2.36. The summed E-state index contributed by atoms with van der Waals surface area (Å²) in [6.07, 6.45) is 4.84. The van der Waals surface area contributed by atoms with Crippen molar-refractivity contribution in [3.8, 4) is 0 Å². The number of benzene rings is 1. The van der Waals surface area contributed by atoms with Crippen LogP contribution in [0.2, 0.25) is 0 Å². The summed E-state index contributed by atoms with van der Waals surface area (Å²) in [5, 5.41) is 3.26. The van der Waals surface area contributed by atoms with E-state index in [4.69, 9.17) is 11.5 Å². The molecule has 0 aliphatic carbocycles. The van der Waals surface area contributed by atoms with Crippen molar-refractivity contribution in [1.82, 2.24) is 0 Å². The summed E-state index contributed by atoms with van der Waals surface area (Å²) < 4.78 is 0. The highest BCUT2D eigenvalue weighted by Crippen LogP contribution is 2.17. The first-order chi connectivity index (χ1) is 8.15. The number of unbranched alkanes of at least 4 members (excludes halogenated alkanes) is 3. The molecule has 0 spiro atoms. The number of hydrogen-bond donors (Lipinski definition) is 3. The zero-order valence-electron chi connectivity index (χ0n) is 10.3. The minimum Gasteiger partial charge on any atom is -0.398 e. The zero-order chi connectivity index (χ0) is 12.7. The monoisotopic (exact) mass is 235 g/mol. The van der Waals surface area contributed by atoms with Crippen molar-refractivity contribution >= 4 is 17.3 Å². The molecule has 0 fully saturated rings. The van der Waals surface area contributed by atoms with Gasteiger partial charge < -0.3 is 16.8 Å². The van der Waals surface area contributed by atoms with E-state index in [2.05, 4.69) is 12.2 Å². The summed E-state index contributed by atoms with van der Waals surface area (Å²) in [4.78, 5) is 11.1. The van der Waals surface area contributed by atoms with Gasteiger partial charge in [0.25, 0.3) is 5.91 Å². The van der Waals surface area contributed by atoms with E-state index in [0.717, 1.165) is 18.7 Å². The van der Waals surface area contributed by atoms with Crippen LogP contribution in [0.25, 0.3) is 0 Å². The van der Waals surface area contributed by atoms with E-state index in [0.29, 0.717) is 11.3 Å². The van der Waals surface area contributed by atoms with E-state index in [1.807, 2.05) is 6.07 Å². The lowest BCUT2D eigenvalue weighted by Crippen LogP contribution is -2.14. The molecule has 4 heteroatoms. The molecule has 1 aromatic rings. The molecule has 0 bridgehead atoms. The number of carbonyl (C=O) groups excluding carboxylic acids is 1. The molecule has 0 unspecified atom stereocenters. The number of primary amides is 1. The van der Waals surface area contributed by atoms with E-state index in [1.165, 1.54) is 19.3 Å². The first-order valence-corrected chi connectivity index (χ1v) is 6.08. The minimum atomic E-state index is -0.489. The Labute approximate surface area is 102 Å². The van der Waals surface area contributed by atoms with Gasteiger partial charge in [-0.1, -0.05) is 26.2 Å². The van der Waals surface area contributed by atoms with Crippen molar-refractivity contribution in [3.63, 3.8) is 0 Å². The van der Waals surface area contributed by atoms with Gasteiger partial charge in [0.1, 0.15) is 0 Å². The number of carbonyl (C=O) groups is 1. The summed E-state index contributed by atoms with van der Waals surface area (Å²) in [5.41, 5.74) is 12.6. The zero-order valence-corrected chi connectivity index (χ0v) is 10.3. The third-order valence-electron chi connectivity index (χ3n) is 2.68. The number of hydrogen-bond acceptors (Lipinski definition) is 3. The van der Waals surface area contributed by atoms with Crippen LogP contribution in [-0.2, 0) is 0 Å². The van der Waals surface area contributed by atoms with Gasteiger partial charge in [-0.15, -0.1) is 0 Å². The molecule has 0 aromatic heterocycles. The molecule has 0 aliphatic heterocycles. The Morgan fingerprint density at radius 2 is 2.06 bits per heavy atom. The highest BCUT2D eigenvalue weighted by atomic mass is 16.1. The maximum atomic E-state index is 11.1. The first kappa shape index (κ1) is 13.4. The maximum absolute atomic E-state index is 11.1. The average Bonchev–Trinajstić information content (AvgIpc) is 2.30. The third kappa shape index (κ3) is 4.34. The lowest BCUT2D eigenvalue weighted by Gasteiger charge is -2.08. The molecule has 1 amide bonds. The Morgan fingerprint density at radius 1 is 1.29 bits per heavy atom. The molecule has 4 nitrogen and oxygen atoms in total. The third-order valence-corrected chi connectivity index (χ3v) is 2.68. The molecular weight excluding hydrogens is 214 g/mol. The predicted molar refractivity (Wildman–Crippen MR) is 72.0 cm³/mol. The van der Waals surface area contributed by atoms with Crippen LogP contribution in [0.4, 0.5) is 11.4 Å². The second-order valence-corrected chi connectivity index (χ2v) is 4.15. The fourth-order valence-electron chi connectivity index (χ4n) is 1.66. The highest BCUT2D eigenvalue weighted by Gasteiger charge is 2.06. The number of anilines is 2. The van der Waals surface area contributed by atoms with Gasteiger partial charge in [0.05, 0.1) is 5.56 Å². The summed E-state index contributed by atoms with van der Waals surface area (Å²) in [6.45, 7) is 3.09. The molecule has 1 rings (SSSR count). The standard InChI is InChI=1S/C13H21N3O/c1-2-3-4-5-8-16-10-6-7-12(14)11(9-10)13(15)17/h6-7,9,16H,2-5,8,14H2,1H3,(H2,15,17). The van der Waals surface area contributed by atoms with Crippen molar-refractivity contribution < 1.29 is 4.79 Å². The van der Waals surface area contributed by atoms with E-state index in [1.54, 1.807) is 12.1 Å². The largest absolute Gasteiger partial charge is 0.398 e. The minimum absolute atomic E-state index is 0.378. The van der Waals surface area contributed by atoms with Crippen LogP contribution in [0.3, 0.4) is 0 Å². The molecule has 0 atom stereocenters. The van der Waals surface area contributed by atoms with Crippen LogP contribution in [0.5, 0.6) is 0 Å². The lowest BCUT2D eigenvalue weighted by atomic mass is 10.1. The molecule has 0 saturated carbocycles. The van der Waals surface area contributed by atoms with Crippen LogP contribution in [0.15, 0.2) is 18.2 Å². The molecule has 17 heavy (non-hydrogen) atoms. The van der Waals surface area contributed by atoms with Gasteiger partial charge in [-0.25, -0.2) is 0 Å². The number of amides is 1. The molecule has 0 saturated heterocycles. The molecule has 0 heterocycles. The van der Waals surface area contributed by atoms with Gasteiger partial charge in [-0.2, -0.15) is 0 Å². The Morgan fingerprint density at radius 3 is 2.71 bits per heavy atom. The average molecular weight is 235 g/mol. The lowest BCUT2D eigenvalue weighted by molar-refractivity contribution is 0.100. The van der Waals surface area contributed by atoms with Crippen LogP contribution >= 0.6 is 0 Å². The van der Waals surface area contributed by atoms with Crippen molar-refractivity contribution in [3.05, 3.63) is 23.8 Å². The summed E-state index contributed by atoms with van der Waals surface area (Å²) in [5.74, 6) is -0.489. The van der Waals surface area contributed by atoms with Gasteiger partial charge >= 0.3 is 0 Å². The molecular formula is C13H21N3O. The van der Waals surface area contributed by atoms with Crippen LogP contribution < -0.4 is 16.8 Å². The van der Waals surface area contributed by atoms with Crippen molar-refractivity contribution in [2.45, 2.75) is 32.6 Å². The van der Waals surface area contributed by atoms with E-state index >= 15 is 0 Å². The maximum Gasteiger partial charge on any atom is 0.250 e. The van der Waals surface area contributed by atoms with Gasteiger partial charge in [-0.05, 0) is 24.6 Å². The van der Waals surface area contributed by atoms with E-state index < -0.39 is 5.91 Å². The smallest absolute Gasteiger partial charge is 0.250 e. The van der Waals surface area contributed by atoms with Crippen LogP contribution in [0.1, 0.15) is 43.0 Å². The Hall–Kier alpha value is -1.71. The van der Waals surface area contributed by atoms with E-state index in [-0.39, 0.29) is 0 Å². The van der Waals surface area contributed by atoms with Crippen molar-refractivity contribution in [1.29, 1.82) is 0 Å². The topological polar surface area (TPSA) is 81.1 Å². The molecule has 1 aromatic carbocycles.